The van der Waals surface area contributed by atoms with Gasteiger partial charge in [-0.1, -0.05) is 27.5 Å². The molecule has 0 amide bonds. The van der Waals surface area contributed by atoms with Crippen molar-refractivity contribution in [2.45, 2.75) is 37.9 Å². The molecule has 0 aliphatic heterocycles. The van der Waals surface area contributed by atoms with Crippen molar-refractivity contribution < 1.29 is 9.84 Å². The lowest BCUT2D eigenvalue weighted by Crippen LogP contribution is -2.26. The van der Waals surface area contributed by atoms with E-state index in [0.29, 0.717) is 5.02 Å². The number of aliphatic hydroxyl groups is 1. The van der Waals surface area contributed by atoms with Gasteiger partial charge in [0.05, 0.1) is 17.2 Å². The van der Waals surface area contributed by atoms with Crippen LogP contribution >= 0.6 is 27.5 Å². The predicted molar refractivity (Wildman–Crippen MR) is 68.0 cm³/mol. The van der Waals surface area contributed by atoms with Crippen LogP contribution in [-0.2, 0) is 0 Å². The van der Waals surface area contributed by atoms with E-state index in [2.05, 4.69) is 15.9 Å². The maximum atomic E-state index is 9.40. The van der Waals surface area contributed by atoms with E-state index in [-0.39, 0.29) is 12.2 Å². The highest BCUT2D eigenvalue weighted by Crippen LogP contribution is 2.31. The van der Waals surface area contributed by atoms with Gasteiger partial charge in [0.2, 0.25) is 0 Å². The first-order valence-electron chi connectivity index (χ1n) is 5.45. The van der Waals surface area contributed by atoms with E-state index >= 15 is 0 Å². The molecule has 1 aromatic carbocycles. The van der Waals surface area contributed by atoms with Crippen LogP contribution in [0.1, 0.15) is 25.7 Å². The minimum Gasteiger partial charge on any atom is -0.489 e. The Balaban J connectivity index is 2.00. The molecule has 1 aliphatic carbocycles. The van der Waals surface area contributed by atoms with Crippen molar-refractivity contribution in [1.82, 2.24) is 0 Å². The second-order valence-electron chi connectivity index (χ2n) is 4.12. The smallest absolute Gasteiger partial charge is 0.139 e. The highest BCUT2D eigenvalue weighted by molar-refractivity contribution is 9.10. The van der Waals surface area contributed by atoms with Gasteiger partial charge >= 0.3 is 0 Å². The molecule has 1 aliphatic rings. The second-order valence-corrected chi connectivity index (χ2v) is 5.45. The Morgan fingerprint density at radius 3 is 2.62 bits per heavy atom. The van der Waals surface area contributed by atoms with Crippen molar-refractivity contribution in [3.63, 3.8) is 0 Å². The molecule has 2 rings (SSSR count). The zero-order valence-corrected chi connectivity index (χ0v) is 11.2. The van der Waals surface area contributed by atoms with Crippen LogP contribution in [0.3, 0.4) is 0 Å². The summed E-state index contributed by atoms with van der Waals surface area (Å²) in [6.07, 6.45) is 3.44. The van der Waals surface area contributed by atoms with Crippen LogP contribution < -0.4 is 4.74 Å². The van der Waals surface area contributed by atoms with E-state index in [0.717, 1.165) is 35.9 Å². The Kier molecular flexibility index (Phi) is 4.11. The number of benzene rings is 1. The third kappa shape index (κ3) is 3.12. The minimum atomic E-state index is -0.155. The Hall–Kier alpha value is -0.250. The molecular formula is C12H14BrClO2. The van der Waals surface area contributed by atoms with Crippen molar-refractivity contribution in [2.75, 3.05) is 0 Å². The molecule has 0 aromatic heterocycles. The van der Waals surface area contributed by atoms with Gasteiger partial charge in [-0.25, -0.2) is 0 Å². The monoisotopic (exact) mass is 304 g/mol. The molecule has 0 unspecified atom stereocenters. The summed E-state index contributed by atoms with van der Waals surface area (Å²) in [5.41, 5.74) is 0. The van der Waals surface area contributed by atoms with Gasteiger partial charge < -0.3 is 9.84 Å². The van der Waals surface area contributed by atoms with Crippen molar-refractivity contribution >= 4 is 27.5 Å². The fraction of sp³-hybridized carbons (Fsp3) is 0.500. The van der Waals surface area contributed by atoms with Crippen molar-refractivity contribution in [3.8, 4) is 5.75 Å². The van der Waals surface area contributed by atoms with E-state index in [1.807, 2.05) is 18.2 Å². The molecule has 0 radical (unpaired) electrons. The molecule has 0 heterocycles. The molecule has 0 spiro atoms. The first kappa shape index (κ1) is 12.2. The maximum absolute atomic E-state index is 9.40. The molecular weight excluding hydrogens is 291 g/mol. The normalized spacial score (nSPS) is 25.4. The van der Waals surface area contributed by atoms with E-state index in [1.165, 1.54) is 0 Å². The van der Waals surface area contributed by atoms with E-state index < -0.39 is 0 Å². The van der Waals surface area contributed by atoms with Gasteiger partial charge in [0.15, 0.2) is 0 Å². The summed E-state index contributed by atoms with van der Waals surface area (Å²) in [4.78, 5) is 0. The fourth-order valence-corrected chi connectivity index (χ4v) is 2.41. The average Bonchev–Trinajstić information content (AvgIpc) is 2.27. The first-order chi connectivity index (χ1) is 7.65. The zero-order valence-electron chi connectivity index (χ0n) is 8.83. The lowest BCUT2D eigenvalue weighted by molar-refractivity contribution is 0.0666. The molecule has 1 N–H and O–H groups in total. The number of halogens is 2. The molecule has 2 nitrogen and oxygen atoms in total. The van der Waals surface area contributed by atoms with Gasteiger partial charge in [-0.2, -0.15) is 0 Å². The van der Waals surface area contributed by atoms with Gasteiger partial charge in [-0.3, -0.25) is 0 Å². The summed E-state index contributed by atoms with van der Waals surface area (Å²) in [7, 11) is 0. The highest BCUT2D eigenvalue weighted by Gasteiger charge is 2.21. The van der Waals surface area contributed by atoms with Gasteiger partial charge in [-0.05, 0) is 43.9 Å². The lowest BCUT2D eigenvalue weighted by atomic mass is 9.95. The molecule has 0 bridgehead atoms. The average molecular weight is 306 g/mol. The summed E-state index contributed by atoms with van der Waals surface area (Å²) in [6, 6.07) is 5.59. The third-order valence-corrected chi connectivity index (χ3v) is 3.64. The molecule has 1 aromatic rings. The Labute approximate surface area is 109 Å². The predicted octanol–water partition coefficient (Wildman–Crippen LogP) is 3.78. The molecule has 0 saturated heterocycles. The minimum absolute atomic E-state index is 0.155. The molecule has 0 atom stereocenters. The molecule has 1 fully saturated rings. The number of aliphatic hydroxyl groups excluding tert-OH is 1. The zero-order chi connectivity index (χ0) is 11.5. The van der Waals surface area contributed by atoms with Crippen molar-refractivity contribution in [2.24, 2.45) is 0 Å². The molecule has 16 heavy (non-hydrogen) atoms. The Bertz CT molecular complexity index is 362. The highest BCUT2D eigenvalue weighted by atomic mass is 79.9. The SMILES string of the molecule is OC1CCC(Oc2cc(Br)ccc2Cl)CC1. The summed E-state index contributed by atoms with van der Waals surface area (Å²) in [5, 5.41) is 10.0. The van der Waals surface area contributed by atoms with Crippen LogP contribution in [-0.4, -0.2) is 17.3 Å². The molecule has 88 valence electrons. The Morgan fingerprint density at radius 2 is 1.94 bits per heavy atom. The van der Waals surface area contributed by atoms with Crippen molar-refractivity contribution in [3.05, 3.63) is 27.7 Å². The second kappa shape index (κ2) is 5.39. The third-order valence-electron chi connectivity index (χ3n) is 2.83. The quantitative estimate of drug-likeness (QED) is 0.901. The number of rotatable bonds is 2. The summed E-state index contributed by atoms with van der Waals surface area (Å²) in [6.45, 7) is 0. The summed E-state index contributed by atoms with van der Waals surface area (Å²) >= 11 is 9.44. The van der Waals surface area contributed by atoms with Crippen LogP contribution in [0.5, 0.6) is 5.75 Å². The summed E-state index contributed by atoms with van der Waals surface area (Å²) < 4.78 is 6.80. The first-order valence-corrected chi connectivity index (χ1v) is 6.62. The number of ether oxygens (including phenoxy) is 1. The fourth-order valence-electron chi connectivity index (χ4n) is 1.91. The standard InChI is InChI=1S/C12H14BrClO2/c13-8-1-6-11(14)12(7-8)16-10-4-2-9(15)3-5-10/h1,6-7,9-10,15H,2-5H2. The van der Waals surface area contributed by atoms with Gasteiger partial charge in [0.1, 0.15) is 5.75 Å². The van der Waals surface area contributed by atoms with Crippen molar-refractivity contribution in [1.29, 1.82) is 0 Å². The molecule has 1 saturated carbocycles. The molecule has 4 heteroatoms. The largest absolute Gasteiger partial charge is 0.489 e. The number of hydrogen-bond donors (Lipinski definition) is 1. The van der Waals surface area contributed by atoms with Crippen LogP contribution in [0.4, 0.5) is 0 Å². The number of hydrogen-bond acceptors (Lipinski definition) is 2. The van der Waals surface area contributed by atoms with Gasteiger partial charge in [0, 0.05) is 4.47 Å². The maximum Gasteiger partial charge on any atom is 0.139 e. The lowest BCUT2D eigenvalue weighted by Gasteiger charge is -2.26. The van der Waals surface area contributed by atoms with Crippen LogP contribution in [0.15, 0.2) is 22.7 Å². The van der Waals surface area contributed by atoms with E-state index in [1.54, 1.807) is 0 Å². The van der Waals surface area contributed by atoms with Crippen LogP contribution in [0, 0.1) is 0 Å². The Morgan fingerprint density at radius 1 is 1.25 bits per heavy atom. The topological polar surface area (TPSA) is 29.5 Å². The van der Waals surface area contributed by atoms with E-state index in [9.17, 15) is 5.11 Å². The summed E-state index contributed by atoms with van der Waals surface area (Å²) in [5.74, 6) is 0.720. The van der Waals surface area contributed by atoms with Gasteiger partial charge in [0.25, 0.3) is 0 Å². The van der Waals surface area contributed by atoms with Gasteiger partial charge in [-0.15, -0.1) is 0 Å². The van der Waals surface area contributed by atoms with E-state index in [4.69, 9.17) is 16.3 Å². The van der Waals surface area contributed by atoms with Crippen LogP contribution in [0.2, 0.25) is 5.02 Å². The van der Waals surface area contributed by atoms with Crippen LogP contribution in [0.25, 0.3) is 0 Å².